The monoisotopic (exact) mass is 318 g/mol. The third kappa shape index (κ3) is 3.83. The number of carbonyl (C=O) groups excluding carboxylic acids is 1. The molecule has 0 N–H and O–H groups in total. The van der Waals surface area contributed by atoms with Crippen LogP contribution in [0, 0.1) is 6.92 Å². The van der Waals surface area contributed by atoms with Crippen molar-refractivity contribution in [3.05, 3.63) is 76.4 Å². The van der Waals surface area contributed by atoms with E-state index in [1.54, 1.807) is 7.11 Å². The van der Waals surface area contributed by atoms with Crippen LogP contribution in [-0.2, 0) is 4.79 Å². The van der Waals surface area contributed by atoms with Gasteiger partial charge in [-0.25, -0.2) is 0 Å². The first kappa shape index (κ1) is 16.3. The van der Waals surface area contributed by atoms with Gasteiger partial charge in [0.25, 0.3) is 0 Å². The number of methoxy groups -OCH3 is 1. The van der Waals surface area contributed by atoms with Gasteiger partial charge in [-0.15, -0.1) is 0 Å². The summed E-state index contributed by atoms with van der Waals surface area (Å²) in [5, 5.41) is 0. The largest absolute Gasteiger partial charge is 0.497 e. The summed E-state index contributed by atoms with van der Waals surface area (Å²) in [5.74, 6) is 0.980. The van der Waals surface area contributed by atoms with E-state index in [-0.39, 0.29) is 5.78 Å². The highest BCUT2D eigenvalue weighted by atomic mass is 16.5. The van der Waals surface area contributed by atoms with Crippen molar-refractivity contribution in [2.45, 2.75) is 26.2 Å². The lowest BCUT2D eigenvalue weighted by Crippen LogP contribution is -2.12. The van der Waals surface area contributed by atoms with E-state index < -0.39 is 0 Å². The molecule has 24 heavy (non-hydrogen) atoms. The minimum absolute atomic E-state index is 0.172. The lowest BCUT2D eigenvalue weighted by molar-refractivity contribution is -0.112. The molecule has 2 nitrogen and oxygen atoms in total. The summed E-state index contributed by atoms with van der Waals surface area (Å²) in [7, 11) is 1.65. The second-order valence-corrected chi connectivity index (χ2v) is 6.21. The molecular formula is C22H22O2. The van der Waals surface area contributed by atoms with Crippen LogP contribution in [0.4, 0.5) is 0 Å². The summed E-state index contributed by atoms with van der Waals surface area (Å²) >= 11 is 0. The Morgan fingerprint density at radius 1 is 0.917 bits per heavy atom. The lowest BCUT2D eigenvalue weighted by Gasteiger charge is -2.17. The van der Waals surface area contributed by atoms with Gasteiger partial charge in [-0.3, -0.25) is 4.79 Å². The van der Waals surface area contributed by atoms with Gasteiger partial charge >= 0.3 is 0 Å². The standard InChI is InChI=1S/C22H22O2/c1-16-6-3-7-17(12-16)13-19-9-5-10-20(22(19)23)14-18-8-4-11-21(15-18)24-2/h3-4,6-8,11-15H,5,9-10H2,1-2H3/b19-13+,20-14+. The zero-order valence-electron chi connectivity index (χ0n) is 14.2. The molecule has 0 unspecified atom stereocenters. The van der Waals surface area contributed by atoms with Gasteiger partial charge in [0, 0.05) is 11.1 Å². The summed E-state index contributed by atoms with van der Waals surface area (Å²) < 4.78 is 5.26. The van der Waals surface area contributed by atoms with E-state index in [0.29, 0.717) is 0 Å². The van der Waals surface area contributed by atoms with Crippen molar-refractivity contribution in [2.75, 3.05) is 7.11 Å². The third-order valence-electron chi connectivity index (χ3n) is 4.29. The highest BCUT2D eigenvalue weighted by Crippen LogP contribution is 2.28. The molecule has 0 heterocycles. The van der Waals surface area contributed by atoms with Crippen LogP contribution in [0.3, 0.4) is 0 Å². The molecule has 0 amide bonds. The fraction of sp³-hybridized carbons (Fsp3) is 0.227. The van der Waals surface area contributed by atoms with Crippen molar-refractivity contribution in [3.8, 4) is 5.75 Å². The molecule has 2 heteroatoms. The number of carbonyl (C=O) groups is 1. The Morgan fingerprint density at radius 2 is 1.54 bits per heavy atom. The van der Waals surface area contributed by atoms with E-state index in [0.717, 1.165) is 47.3 Å². The van der Waals surface area contributed by atoms with Crippen LogP contribution in [0.25, 0.3) is 12.2 Å². The maximum Gasteiger partial charge on any atom is 0.185 e. The number of rotatable bonds is 3. The van der Waals surface area contributed by atoms with Crippen molar-refractivity contribution >= 4 is 17.9 Å². The van der Waals surface area contributed by atoms with Gasteiger partial charge in [-0.2, -0.15) is 0 Å². The number of allylic oxidation sites excluding steroid dienone is 2. The maximum absolute atomic E-state index is 12.8. The number of benzene rings is 2. The van der Waals surface area contributed by atoms with Gasteiger partial charge in [0.05, 0.1) is 7.11 Å². The molecule has 0 atom stereocenters. The van der Waals surface area contributed by atoms with Crippen molar-refractivity contribution < 1.29 is 9.53 Å². The van der Waals surface area contributed by atoms with Crippen LogP contribution in [0.5, 0.6) is 5.75 Å². The predicted molar refractivity (Wildman–Crippen MR) is 99.0 cm³/mol. The van der Waals surface area contributed by atoms with Crippen LogP contribution in [0.1, 0.15) is 36.0 Å². The van der Waals surface area contributed by atoms with E-state index >= 15 is 0 Å². The first-order chi connectivity index (χ1) is 11.7. The Morgan fingerprint density at radius 3 is 2.17 bits per heavy atom. The first-order valence-corrected chi connectivity index (χ1v) is 8.32. The van der Waals surface area contributed by atoms with E-state index in [2.05, 4.69) is 19.1 Å². The molecule has 0 radical (unpaired) electrons. The number of ketones is 1. The minimum Gasteiger partial charge on any atom is -0.497 e. The molecule has 0 bridgehead atoms. The van der Waals surface area contributed by atoms with Gasteiger partial charge < -0.3 is 4.74 Å². The normalized spacial score (nSPS) is 18.2. The summed E-state index contributed by atoms with van der Waals surface area (Å²) in [6.45, 7) is 2.07. The van der Waals surface area contributed by atoms with Gasteiger partial charge in [0.15, 0.2) is 5.78 Å². The molecule has 2 aromatic carbocycles. The molecule has 1 fully saturated rings. The van der Waals surface area contributed by atoms with Gasteiger partial charge in [0.1, 0.15) is 5.75 Å². The van der Waals surface area contributed by atoms with E-state index in [1.165, 1.54) is 5.56 Å². The van der Waals surface area contributed by atoms with Crippen LogP contribution in [-0.4, -0.2) is 12.9 Å². The Bertz CT molecular complexity index is 812. The molecule has 1 aliphatic rings. The van der Waals surface area contributed by atoms with Crippen molar-refractivity contribution in [1.82, 2.24) is 0 Å². The highest BCUT2D eigenvalue weighted by molar-refractivity contribution is 6.13. The molecule has 0 saturated heterocycles. The summed E-state index contributed by atoms with van der Waals surface area (Å²) in [6.07, 6.45) is 6.73. The SMILES string of the molecule is COc1cccc(/C=C2\CCC/C(=C\c3cccc(C)c3)C2=O)c1. The van der Waals surface area contributed by atoms with E-state index in [9.17, 15) is 4.79 Å². The smallest absolute Gasteiger partial charge is 0.185 e. The fourth-order valence-electron chi connectivity index (χ4n) is 3.07. The molecule has 1 aliphatic carbocycles. The highest BCUT2D eigenvalue weighted by Gasteiger charge is 2.20. The van der Waals surface area contributed by atoms with Crippen LogP contribution in [0.2, 0.25) is 0 Å². The number of hydrogen-bond acceptors (Lipinski definition) is 2. The van der Waals surface area contributed by atoms with Gasteiger partial charge in [-0.1, -0.05) is 42.0 Å². The average Bonchev–Trinajstić information content (AvgIpc) is 2.59. The topological polar surface area (TPSA) is 26.3 Å². The Balaban J connectivity index is 1.88. The summed E-state index contributed by atoms with van der Waals surface area (Å²) in [5.41, 5.74) is 5.10. The average molecular weight is 318 g/mol. The molecule has 0 aliphatic heterocycles. The van der Waals surface area contributed by atoms with Crippen molar-refractivity contribution in [3.63, 3.8) is 0 Å². The van der Waals surface area contributed by atoms with E-state index in [1.807, 2.05) is 48.6 Å². The first-order valence-electron chi connectivity index (χ1n) is 8.32. The Labute approximate surface area is 143 Å². The van der Waals surface area contributed by atoms with Crippen molar-refractivity contribution in [1.29, 1.82) is 0 Å². The molecule has 0 spiro atoms. The quantitative estimate of drug-likeness (QED) is 0.725. The molecule has 3 rings (SSSR count). The number of aryl methyl sites for hydroxylation is 1. The summed E-state index contributed by atoms with van der Waals surface area (Å²) in [6, 6.07) is 16.1. The minimum atomic E-state index is 0.172. The Hall–Kier alpha value is -2.61. The molecule has 122 valence electrons. The number of hydrogen-bond donors (Lipinski definition) is 0. The van der Waals surface area contributed by atoms with Crippen LogP contribution < -0.4 is 4.74 Å². The van der Waals surface area contributed by atoms with Gasteiger partial charge in [-0.05, 0) is 61.6 Å². The molecule has 1 saturated carbocycles. The second kappa shape index (κ2) is 7.31. The zero-order chi connectivity index (χ0) is 16.9. The van der Waals surface area contributed by atoms with Crippen LogP contribution >= 0.6 is 0 Å². The number of Topliss-reactive ketones (excluding diaryl/α,β-unsaturated/α-hetero) is 1. The van der Waals surface area contributed by atoms with Gasteiger partial charge in [0.2, 0.25) is 0 Å². The van der Waals surface area contributed by atoms with E-state index in [4.69, 9.17) is 4.74 Å². The van der Waals surface area contributed by atoms with Crippen molar-refractivity contribution in [2.24, 2.45) is 0 Å². The lowest BCUT2D eigenvalue weighted by atomic mass is 9.86. The Kier molecular flexibility index (Phi) is 4.95. The van der Waals surface area contributed by atoms with Crippen LogP contribution in [0.15, 0.2) is 59.7 Å². The third-order valence-corrected chi connectivity index (χ3v) is 4.29. The maximum atomic E-state index is 12.8. The fourth-order valence-corrected chi connectivity index (χ4v) is 3.07. The molecule has 2 aromatic rings. The molecule has 0 aromatic heterocycles. The summed E-state index contributed by atoms with van der Waals surface area (Å²) in [4.78, 5) is 12.8. The second-order valence-electron chi connectivity index (χ2n) is 6.21. The zero-order valence-corrected chi connectivity index (χ0v) is 14.2. The number of ether oxygens (including phenoxy) is 1. The molecular weight excluding hydrogens is 296 g/mol. The predicted octanol–water partition coefficient (Wildman–Crippen LogP) is 5.22.